The molecule has 69 heavy (non-hydrogen) atoms. The highest BCUT2D eigenvalue weighted by atomic mass is 19.4. The normalized spacial score (nSPS) is 22.6. The van der Waals surface area contributed by atoms with Gasteiger partial charge >= 0.3 is 35.8 Å². The molecule has 10 atom stereocenters. The maximum absolute atomic E-state index is 14.5. The molecule has 0 saturated carbocycles. The number of rotatable bonds is 24. The van der Waals surface area contributed by atoms with Gasteiger partial charge in [0.05, 0.1) is 13.2 Å². The molecule has 1 saturated heterocycles. The fourth-order valence-electron chi connectivity index (χ4n) is 5.95. The Morgan fingerprint density at radius 3 is 1.83 bits per heavy atom. The lowest BCUT2D eigenvalue weighted by molar-refractivity contribution is -0.530. The number of ether oxygens (including phenoxy) is 2. The van der Waals surface area contributed by atoms with Crippen LogP contribution in [0.3, 0.4) is 0 Å². The topological polar surface area (TPSA) is 294 Å². The van der Waals surface area contributed by atoms with Gasteiger partial charge in [0.15, 0.2) is 24.1 Å². The molecule has 18 nitrogen and oxygen atoms in total. The molecular formula is C38H51F13N4O14. The molecule has 1 aromatic rings. The fraction of sp³-hybridized carbons (Fsp3) is 0.737. The summed E-state index contributed by atoms with van der Waals surface area (Å²) in [6, 6.07) is 3.36. The van der Waals surface area contributed by atoms with Crippen molar-refractivity contribution in [1.29, 1.82) is 0 Å². The van der Waals surface area contributed by atoms with Crippen LogP contribution >= 0.6 is 0 Å². The van der Waals surface area contributed by atoms with E-state index in [0.29, 0.717) is 10.3 Å². The van der Waals surface area contributed by atoms with Crippen molar-refractivity contribution in [2.75, 3.05) is 26.3 Å². The molecule has 1 heterocycles. The Morgan fingerprint density at radius 1 is 0.768 bits per heavy atom. The third-order valence-electron chi connectivity index (χ3n) is 10.3. The predicted molar refractivity (Wildman–Crippen MR) is 205 cm³/mol. The van der Waals surface area contributed by atoms with Gasteiger partial charge in [0.1, 0.15) is 48.8 Å². The standard InChI is InChI=1S/C38H51F13N4O14/c1-32(2,3)55(67)14-17-7-9-18(10-8-17)28(64)52-12-5-4-6-19(29(65)53-13-11-33(39,40)34(41,42)35(43,44)36(45,46)37(47,48)38(49,50)51)54-30(66)25(62)24(61)27(20(58)15-56)69-31-26(63)23(60)22(59)21(16-57)68-31/h7-10,14,19-27,31,56-63H,4-6,11-13,15-16H2,1-3H3,(H,52,64)(H,53,65)(H,54,66)/b55-14-/t19-,20+,21+,22-,23-,24+,25+,26+,27+,31-/m0/s1. The molecule has 0 aromatic heterocycles. The molecule has 0 unspecified atom stereocenters. The van der Waals surface area contributed by atoms with E-state index in [9.17, 15) is 118 Å². The first-order valence-corrected chi connectivity index (χ1v) is 20.2. The number of carbonyl (C=O) groups is 3. The van der Waals surface area contributed by atoms with Crippen molar-refractivity contribution >= 4 is 23.9 Å². The predicted octanol–water partition coefficient (Wildman–Crippen LogP) is 0.304. The number of alkyl halides is 13. The second kappa shape index (κ2) is 23.3. The van der Waals surface area contributed by atoms with E-state index in [4.69, 9.17) is 9.47 Å². The first kappa shape index (κ1) is 60.9. The summed E-state index contributed by atoms with van der Waals surface area (Å²) >= 11 is 0. The number of hydrogen-bond donors (Lipinski definition) is 11. The van der Waals surface area contributed by atoms with Crippen LogP contribution in [0.4, 0.5) is 57.1 Å². The Hall–Kier alpha value is -4.21. The second-order valence-corrected chi connectivity index (χ2v) is 16.6. The number of nitrogens with one attached hydrogen (secondary N) is 3. The summed E-state index contributed by atoms with van der Waals surface area (Å²) in [5.41, 5.74) is -0.285. The number of halogens is 13. The summed E-state index contributed by atoms with van der Waals surface area (Å²) < 4.78 is 188. The van der Waals surface area contributed by atoms with Crippen molar-refractivity contribution in [2.45, 2.75) is 149 Å². The minimum Gasteiger partial charge on any atom is -0.623 e. The largest absolute Gasteiger partial charge is 0.623 e. The highest BCUT2D eigenvalue weighted by molar-refractivity contribution is 5.94. The molecule has 2 rings (SSSR count). The second-order valence-electron chi connectivity index (χ2n) is 16.6. The van der Waals surface area contributed by atoms with Gasteiger partial charge < -0.3 is 71.5 Å². The third-order valence-corrected chi connectivity index (χ3v) is 10.3. The van der Waals surface area contributed by atoms with E-state index in [0.717, 1.165) is 0 Å². The zero-order valence-corrected chi connectivity index (χ0v) is 36.2. The number of nitrogens with zero attached hydrogens (tertiary/aromatic N) is 1. The maximum Gasteiger partial charge on any atom is 0.460 e. The minimum absolute atomic E-state index is 0.0792. The molecule has 3 amide bonds. The monoisotopic (exact) mass is 1030 g/mol. The summed E-state index contributed by atoms with van der Waals surface area (Å²) in [5, 5.41) is 98.9. The number of hydrogen-bond acceptors (Lipinski definition) is 14. The lowest BCUT2D eigenvalue weighted by Gasteiger charge is -2.42. The van der Waals surface area contributed by atoms with Gasteiger partial charge in [-0.2, -0.15) is 57.1 Å². The number of aliphatic hydroxyl groups is 8. The summed E-state index contributed by atoms with van der Waals surface area (Å²) in [6.45, 7) is 0.310. The summed E-state index contributed by atoms with van der Waals surface area (Å²) in [4.78, 5) is 39.0. The maximum atomic E-state index is 14.5. The number of amides is 3. The highest BCUT2D eigenvalue weighted by Gasteiger charge is 2.90. The number of unbranched alkanes of at least 4 members (excludes halogenated alkanes) is 1. The lowest BCUT2D eigenvalue weighted by atomic mass is 9.92. The number of carbonyl (C=O) groups excluding carboxylic acids is 3. The summed E-state index contributed by atoms with van der Waals surface area (Å²) in [7, 11) is 0. The molecule has 0 bridgehead atoms. The molecule has 0 spiro atoms. The van der Waals surface area contributed by atoms with E-state index in [-0.39, 0.29) is 24.9 Å². The number of aliphatic hydroxyl groups excluding tert-OH is 8. The Labute approximate surface area is 382 Å². The van der Waals surface area contributed by atoms with Crippen molar-refractivity contribution in [3.8, 4) is 0 Å². The molecule has 1 aromatic carbocycles. The van der Waals surface area contributed by atoms with Gasteiger partial charge in [-0.3, -0.25) is 14.4 Å². The van der Waals surface area contributed by atoms with Crippen LogP contribution in [-0.4, -0.2) is 198 Å². The SMILES string of the molecule is CC(C)(C)/[N+]([O-])=C/c1ccc(C(=O)NCCCC[C@H](NC(=O)[C@H](O)[C@@H](O)[C@H](O[C@@H]2O[C@H](CO)[C@H](O)[C@H](O)[C@H]2O)[C@H](O)CO)C(=O)NCCC(F)(F)C(F)(F)C(F)(F)C(F)(F)C(F)(F)C(F)(F)F)cc1. The van der Waals surface area contributed by atoms with Crippen LogP contribution in [-0.2, 0) is 19.1 Å². The van der Waals surface area contributed by atoms with Gasteiger partial charge in [0.25, 0.3) is 11.8 Å². The van der Waals surface area contributed by atoms with Crippen molar-refractivity contribution in [3.05, 3.63) is 40.6 Å². The van der Waals surface area contributed by atoms with Gasteiger partial charge in [0.2, 0.25) is 5.91 Å². The van der Waals surface area contributed by atoms with Crippen molar-refractivity contribution in [2.24, 2.45) is 0 Å². The molecule has 398 valence electrons. The van der Waals surface area contributed by atoms with Gasteiger partial charge in [-0.25, -0.2) is 4.74 Å². The Kier molecular flexibility index (Phi) is 20.6. The third kappa shape index (κ3) is 14.0. The average molecular weight is 1030 g/mol. The Bertz CT molecular complexity index is 1890. The molecule has 11 N–H and O–H groups in total. The van der Waals surface area contributed by atoms with E-state index in [2.05, 4.69) is 5.32 Å². The van der Waals surface area contributed by atoms with E-state index >= 15 is 0 Å². The van der Waals surface area contributed by atoms with E-state index < -0.39 is 153 Å². The number of benzene rings is 1. The Balaban J connectivity index is 2.31. The summed E-state index contributed by atoms with van der Waals surface area (Å²) in [5.74, 6) is -42.9. The Morgan fingerprint density at radius 2 is 1.32 bits per heavy atom. The van der Waals surface area contributed by atoms with Crippen LogP contribution in [0.25, 0.3) is 0 Å². The number of hydroxylamine groups is 1. The van der Waals surface area contributed by atoms with Crippen LogP contribution in [0.5, 0.6) is 0 Å². The zero-order chi connectivity index (χ0) is 53.5. The fourth-order valence-corrected chi connectivity index (χ4v) is 5.95. The van der Waals surface area contributed by atoms with Crippen LogP contribution in [0, 0.1) is 5.21 Å². The minimum atomic E-state index is -8.18. The molecule has 31 heteroatoms. The molecular weight excluding hydrogens is 983 g/mol. The highest BCUT2D eigenvalue weighted by Crippen LogP contribution is 2.60. The van der Waals surface area contributed by atoms with E-state index in [1.807, 2.05) is 0 Å². The van der Waals surface area contributed by atoms with Crippen LogP contribution in [0.2, 0.25) is 0 Å². The molecule has 1 aliphatic rings. The first-order valence-electron chi connectivity index (χ1n) is 20.2. The van der Waals surface area contributed by atoms with Gasteiger partial charge in [-0.05, 0) is 43.5 Å². The quantitative estimate of drug-likeness (QED) is 0.0166. The first-order chi connectivity index (χ1) is 31.4. The molecule has 1 fully saturated rings. The average Bonchev–Trinajstić information content (AvgIpc) is 3.25. The smallest absolute Gasteiger partial charge is 0.460 e. The van der Waals surface area contributed by atoms with E-state index in [1.54, 1.807) is 26.1 Å². The van der Waals surface area contributed by atoms with Crippen molar-refractivity contribution < 1.29 is 127 Å². The van der Waals surface area contributed by atoms with Crippen LogP contribution in [0.15, 0.2) is 24.3 Å². The van der Waals surface area contributed by atoms with Crippen molar-refractivity contribution in [1.82, 2.24) is 16.0 Å². The summed E-state index contributed by atoms with van der Waals surface area (Å²) in [6.07, 6.45) is -31.0. The van der Waals surface area contributed by atoms with Crippen LogP contribution in [0.1, 0.15) is 62.4 Å². The molecule has 0 radical (unpaired) electrons. The van der Waals surface area contributed by atoms with Crippen molar-refractivity contribution in [3.63, 3.8) is 0 Å². The molecule has 0 aliphatic carbocycles. The van der Waals surface area contributed by atoms with Gasteiger partial charge in [-0.15, -0.1) is 0 Å². The zero-order valence-electron chi connectivity index (χ0n) is 36.2. The van der Waals surface area contributed by atoms with E-state index in [1.165, 1.54) is 35.8 Å². The van der Waals surface area contributed by atoms with Gasteiger partial charge in [0, 0.05) is 51.4 Å². The van der Waals surface area contributed by atoms with Crippen LogP contribution < -0.4 is 16.0 Å². The molecule has 1 aliphatic heterocycles. The van der Waals surface area contributed by atoms with Gasteiger partial charge in [-0.1, -0.05) is 0 Å². The lowest BCUT2D eigenvalue weighted by Crippen LogP contribution is -2.70.